The third kappa shape index (κ3) is 4.62. The van der Waals surface area contributed by atoms with Crippen LogP contribution < -0.4 is 9.04 Å². The van der Waals surface area contributed by atoms with Crippen LogP contribution in [0.4, 0.5) is 5.69 Å². The average molecular weight is 473 g/mol. The molecule has 3 aromatic rings. The smallest absolute Gasteiger partial charge is 0.341 e. The fraction of sp³-hybridized carbons (Fsp3) is 0.217. The van der Waals surface area contributed by atoms with Gasteiger partial charge in [0.1, 0.15) is 5.75 Å². The van der Waals surface area contributed by atoms with Crippen LogP contribution >= 0.6 is 11.6 Å². The van der Waals surface area contributed by atoms with E-state index in [1.54, 1.807) is 36.5 Å². The summed E-state index contributed by atoms with van der Waals surface area (Å²) in [4.78, 5) is 15.4. The number of aromatic nitrogens is 1. The number of halogens is 1. The minimum Gasteiger partial charge on any atom is -0.482 e. The first-order valence-electron chi connectivity index (χ1n) is 10.0. The molecule has 1 aliphatic carbocycles. The van der Waals surface area contributed by atoms with Gasteiger partial charge in [-0.1, -0.05) is 41.9 Å². The maximum Gasteiger partial charge on any atom is 0.341 e. The van der Waals surface area contributed by atoms with E-state index in [1.165, 1.54) is 4.31 Å². The molecule has 0 aliphatic heterocycles. The van der Waals surface area contributed by atoms with Crippen LogP contribution in [0.2, 0.25) is 5.02 Å². The van der Waals surface area contributed by atoms with Gasteiger partial charge in [-0.2, -0.15) is 0 Å². The molecule has 4 rings (SSSR count). The largest absolute Gasteiger partial charge is 0.482 e. The maximum atomic E-state index is 12.4. The van der Waals surface area contributed by atoms with Gasteiger partial charge in [-0.05, 0) is 54.7 Å². The van der Waals surface area contributed by atoms with Gasteiger partial charge in [0.15, 0.2) is 6.61 Å². The molecule has 2 atom stereocenters. The van der Waals surface area contributed by atoms with Gasteiger partial charge in [0.25, 0.3) is 11.3 Å². The summed E-state index contributed by atoms with van der Waals surface area (Å²) in [6.45, 7) is -0.440. The van der Waals surface area contributed by atoms with Crippen molar-refractivity contribution in [3.05, 3.63) is 76.9 Å². The number of ether oxygens (including phenoxy) is 1. The van der Waals surface area contributed by atoms with E-state index >= 15 is 0 Å². The molecular formula is C23H21ClN2O5S. The molecule has 0 bridgehead atoms. The number of rotatable bonds is 7. The number of fused-ring (bicyclic) bond motifs is 1. The Labute approximate surface area is 193 Å². The molecule has 1 aliphatic rings. The summed E-state index contributed by atoms with van der Waals surface area (Å²) < 4.78 is 29.4. The molecule has 7 nitrogen and oxygen atoms in total. The molecule has 0 radical (unpaired) electrons. The number of hydrogen-bond acceptors (Lipinski definition) is 4. The second-order valence-corrected chi connectivity index (χ2v) is 8.61. The summed E-state index contributed by atoms with van der Waals surface area (Å²) in [6.07, 6.45) is 3.70. The molecule has 0 fully saturated rings. The van der Waals surface area contributed by atoms with Gasteiger partial charge < -0.3 is 9.84 Å². The van der Waals surface area contributed by atoms with E-state index in [1.807, 2.05) is 24.3 Å². The van der Waals surface area contributed by atoms with Crippen molar-refractivity contribution >= 4 is 34.5 Å². The first kappa shape index (κ1) is 22.3. The minimum atomic E-state index is -2.30. The first-order valence-corrected chi connectivity index (χ1v) is 11.5. The molecule has 2 aromatic carbocycles. The normalized spacial score (nSPS) is 16.1. The zero-order chi connectivity index (χ0) is 22.7. The van der Waals surface area contributed by atoms with Crippen LogP contribution in [-0.4, -0.2) is 31.4 Å². The third-order valence-corrected chi connectivity index (χ3v) is 6.52. The van der Waals surface area contributed by atoms with Crippen molar-refractivity contribution in [1.29, 1.82) is 0 Å². The lowest BCUT2D eigenvalue weighted by atomic mass is 9.87. The summed E-state index contributed by atoms with van der Waals surface area (Å²) >= 11 is 3.96. The Kier molecular flexibility index (Phi) is 6.74. The Bertz CT molecular complexity index is 1160. The predicted molar refractivity (Wildman–Crippen MR) is 123 cm³/mol. The van der Waals surface area contributed by atoms with Crippen LogP contribution in [-0.2, 0) is 22.5 Å². The standard InChI is InChI=1S/C23H21ClN2O5S/c24-19-8-2-1-5-18(19)20-12-11-15(13-25-20)26(32(29)30)21-9-3-7-17-16(21)6-4-10-22(17)31-14-23(27)28/h1-2,4-6,8,10-13,21H,3,7,9,14H2,(H,27,28)(H,29,30). The van der Waals surface area contributed by atoms with Gasteiger partial charge in [-0.25, -0.2) is 9.00 Å². The number of pyridine rings is 1. The molecule has 9 heteroatoms. The summed E-state index contributed by atoms with van der Waals surface area (Å²) in [5.74, 6) is -0.566. The zero-order valence-electron chi connectivity index (χ0n) is 17.0. The molecule has 0 saturated heterocycles. The first-order chi connectivity index (χ1) is 15.5. The SMILES string of the molecule is O=C(O)COc1cccc2c1CCCC2N(c1ccc(-c2ccccc2Cl)nc1)S(=O)O. The van der Waals surface area contributed by atoms with Crippen LogP contribution in [0.3, 0.4) is 0 Å². The number of benzene rings is 2. The van der Waals surface area contributed by atoms with Crippen molar-refractivity contribution in [2.45, 2.75) is 25.3 Å². The molecule has 1 heterocycles. The molecule has 0 amide bonds. The number of hydrogen-bond donors (Lipinski definition) is 2. The monoisotopic (exact) mass is 472 g/mol. The van der Waals surface area contributed by atoms with Crippen LogP contribution in [0, 0.1) is 0 Å². The molecule has 166 valence electrons. The number of carboxylic acids is 1. The number of carbonyl (C=O) groups is 1. The third-order valence-electron chi connectivity index (χ3n) is 5.39. The van der Waals surface area contributed by atoms with Gasteiger partial charge >= 0.3 is 5.97 Å². The Morgan fingerprint density at radius 2 is 2.00 bits per heavy atom. The molecule has 2 unspecified atom stereocenters. The van der Waals surface area contributed by atoms with E-state index in [0.29, 0.717) is 35.0 Å². The minimum absolute atomic E-state index is 0.383. The zero-order valence-corrected chi connectivity index (χ0v) is 18.6. The summed E-state index contributed by atoms with van der Waals surface area (Å²) in [6, 6.07) is 15.9. The fourth-order valence-corrected chi connectivity index (χ4v) is 4.99. The Morgan fingerprint density at radius 1 is 1.19 bits per heavy atom. The topological polar surface area (TPSA) is 100.0 Å². The van der Waals surface area contributed by atoms with Crippen LogP contribution in [0.1, 0.15) is 30.0 Å². The van der Waals surface area contributed by atoms with E-state index < -0.39 is 23.8 Å². The predicted octanol–water partition coefficient (Wildman–Crippen LogP) is 4.89. The van der Waals surface area contributed by atoms with Crippen LogP contribution in [0.15, 0.2) is 60.8 Å². The molecular weight excluding hydrogens is 452 g/mol. The average Bonchev–Trinajstić information content (AvgIpc) is 2.78. The Hall–Kier alpha value is -2.94. The van der Waals surface area contributed by atoms with Crippen molar-refractivity contribution < 1.29 is 23.4 Å². The highest BCUT2D eigenvalue weighted by molar-refractivity contribution is 7.80. The highest BCUT2D eigenvalue weighted by Crippen LogP contribution is 2.41. The number of carboxylic acid groups (broad SMARTS) is 1. The fourth-order valence-electron chi connectivity index (χ4n) is 4.03. The Balaban J connectivity index is 1.68. The second kappa shape index (κ2) is 9.68. The quantitative estimate of drug-likeness (QED) is 0.475. The Morgan fingerprint density at radius 3 is 2.69 bits per heavy atom. The lowest BCUT2D eigenvalue weighted by Gasteiger charge is -2.34. The van der Waals surface area contributed by atoms with E-state index in [2.05, 4.69) is 4.98 Å². The van der Waals surface area contributed by atoms with Crippen molar-refractivity contribution in [3.63, 3.8) is 0 Å². The van der Waals surface area contributed by atoms with Crippen molar-refractivity contribution in [2.24, 2.45) is 0 Å². The van der Waals surface area contributed by atoms with Gasteiger partial charge in [-0.3, -0.25) is 13.8 Å². The van der Waals surface area contributed by atoms with Gasteiger partial charge in [0.2, 0.25) is 0 Å². The highest BCUT2D eigenvalue weighted by Gasteiger charge is 2.31. The van der Waals surface area contributed by atoms with Crippen LogP contribution in [0.25, 0.3) is 11.3 Å². The number of anilines is 1. The lowest BCUT2D eigenvalue weighted by molar-refractivity contribution is -0.139. The van der Waals surface area contributed by atoms with Crippen LogP contribution in [0.5, 0.6) is 5.75 Å². The van der Waals surface area contributed by atoms with Crippen molar-refractivity contribution in [1.82, 2.24) is 4.98 Å². The summed E-state index contributed by atoms with van der Waals surface area (Å²) in [5, 5.41) is 9.52. The van der Waals surface area contributed by atoms with Gasteiger partial charge in [-0.15, -0.1) is 0 Å². The van der Waals surface area contributed by atoms with E-state index in [0.717, 1.165) is 23.1 Å². The second-order valence-electron chi connectivity index (χ2n) is 7.35. The van der Waals surface area contributed by atoms with Gasteiger partial charge in [0, 0.05) is 10.6 Å². The van der Waals surface area contributed by atoms with Crippen molar-refractivity contribution in [3.8, 4) is 17.0 Å². The van der Waals surface area contributed by atoms with Crippen molar-refractivity contribution in [2.75, 3.05) is 10.9 Å². The summed E-state index contributed by atoms with van der Waals surface area (Å²) in [5.41, 5.74) is 3.64. The summed E-state index contributed by atoms with van der Waals surface area (Å²) in [7, 11) is 0. The lowest BCUT2D eigenvalue weighted by Crippen LogP contribution is -2.33. The molecule has 32 heavy (non-hydrogen) atoms. The van der Waals surface area contributed by atoms with E-state index in [-0.39, 0.29) is 6.04 Å². The molecule has 1 aromatic heterocycles. The highest BCUT2D eigenvalue weighted by atomic mass is 35.5. The molecule has 2 N–H and O–H groups in total. The maximum absolute atomic E-state index is 12.4. The molecule has 0 saturated carbocycles. The number of aliphatic carboxylic acids is 1. The van der Waals surface area contributed by atoms with Gasteiger partial charge in [0.05, 0.1) is 23.6 Å². The van der Waals surface area contributed by atoms with E-state index in [4.69, 9.17) is 21.4 Å². The molecule has 0 spiro atoms. The van der Waals surface area contributed by atoms with E-state index in [9.17, 15) is 13.6 Å². The number of nitrogens with zero attached hydrogens (tertiary/aromatic N) is 2.